The molecule has 0 radical (unpaired) electrons. The molecule has 1 aliphatic carbocycles. The number of nitrogens with zero attached hydrogens (tertiary/aromatic N) is 5. The van der Waals surface area contributed by atoms with Gasteiger partial charge in [0.1, 0.15) is 5.54 Å². The second kappa shape index (κ2) is 8.24. The number of aromatic nitrogens is 3. The van der Waals surface area contributed by atoms with Crippen molar-refractivity contribution in [3.05, 3.63) is 41.3 Å². The first-order valence-corrected chi connectivity index (χ1v) is 10.7. The Morgan fingerprint density at radius 1 is 1.14 bits per heavy atom. The zero-order valence-electron chi connectivity index (χ0n) is 17.8. The van der Waals surface area contributed by atoms with Crippen LogP contribution in [0.1, 0.15) is 42.6 Å². The Balaban J connectivity index is 1.41. The van der Waals surface area contributed by atoms with Crippen molar-refractivity contribution in [3.8, 4) is 5.82 Å². The largest absolute Gasteiger partial charge is 0.350 e. The molecule has 0 unspecified atom stereocenters. The second-order valence-electron chi connectivity index (χ2n) is 8.58. The number of aryl methyl sites for hydroxylation is 2. The fourth-order valence-electron chi connectivity index (χ4n) is 4.74. The maximum absolute atomic E-state index is 13.3. The summed E-state index contributed by atoms with van der Waals surface area (Å²) in [5.74, 6) is 0.984. The molecule has 2 aliphatic rings. The Bertz CT molecular complexity index is 845. The van der Waals surface area contributed by atoms with Gasteiger partial charge in [-0.05, 0) is 51.4 Å². The summed E-state index contributed by atoms with van der Waals surface area (Å²) in [7, 11) is 2.15. The first-order valence-electron chi connectivity index (χ1n) is 10.7. The van der Waals surface area contributed by atoms with Crippen LogP contribution in [0.25, 0.3) is 5.82 Å². The molecular formula is C22H32N6O. The number of rotatable bonds is 5. The fourth-order valence-corrected chi connectivity index (χ4v) is 4.74. The summed E-state index contributed by atoms with van der Waals surface area (Å²) in [4.78, 5) is 22.6. The minimum absolute atomic E-state index is 0.183. The Hall–Kier alpha value is -2.25. The zero-order valence-corrected chi connectivity index (χ0v) is 17.8. The molecule has 0 spiro atoms. The molecule has 2 aromatic heterocycles. The van der Waals surface area contributed by atoms with Gasteiger partial charge in [-0.3, -0.25) is 9.69 Å². The molecule has 1 saturated heterocycles. The van der Waals surface area contributed by atoms with Gasteiger partial charge in [-0.25, -0.2) is 9.67 Å². The Labute approximate surface area is 173 Å². The van der Waals surface area contributed by atoms with E-state index in [0.29, 0.717) is 6.54 Å². The molecule has 2 aromatic rings. The van der Waals surface area contributed by atoms with E-state index in [4.69, 9.17) is 0 Å². The molecule has 1 saturated carbocycles. The number of hydrogen-bond donors (Lipinski definition) is 1. The summed E-state index contributed by atoms with van der Waals surface area (Å²) in [6.45, 7) is 8.53. The van der Waals surface area contributed by atoms with Crippen LogP contribution >= 0.6 is 0 Å². The average Bonchev–Trinajstić information content (AvgIpc) is 3.34. The van der Waals surface area contributed by atoms with Crippen molar-refractivity contribution < 1.29 is 4.79 Å². The first-order chi connectivity index (χ1) is 14.0. The maximum atomic E-state index is 13.3. The van der Waals surface area contributed by atoms with E-state index < -0.39 is 0 Å². The highest BCUT2D eigenvalue weighted by atomic mass is 16.2. The second-order valence-corrected chi connectivity index (χ2v) is 8.58. The van der Waals surface area contributed by atoms with Gasteiger partial charge in [0.25, 0.3) is 0 Å². The van der Waals surface area contributed by atoms with Gasteiger partial charge in [-0.2, -0.15) is 5.10 Å². The summed E-state index contributed by atoms with van der Waals surface area (Å²) in [6.07, 6.45) is 6.05. The summed E-state index contributed by atoms with van der Waals surface area (Å²) >= 11 is 0. The molecule has 0 aromatic carbocycles. The third-order valence-electron chi connectivity index (χ3n) is 6.45. The fraction of sp³-hybridized carbons (Fsp3) is 0.591. The van der Waals surface area contributed by atoms with Crippen LogP contribution in [0.5, 0.6) is 0 Å². The lowest BCUT2D eigenvalue weighted by atomic mass is 9.92. The number of likely N-dealkylation sites (N-methyl/N-ethyl adjacent to an activating group) is 1. The first kappa shape index (κ1) is 20.0. The minimum Gasteiger partial charge on any atom is -0.350 e. The molecular weight excluding hydrogens is 364 g/mol. The van der Waals surface area contributed by atoms with Crippen molar-refractivity contribution in [2.24, 2.45) is 0 Å². The molecule has 7 nitrogen and oxygen atoms in total. The van der Waals surface area contributed by atoms with Gasteiger partial charge in [-0.1, -0.05) is 18.9 Å². The highest BCUT2D eigenvalue weighted by molar-refractivity contribution is 5.86. The average molecular weight is 397 g/mol. The normalized spacial score (nSPS) is 20.1. The lowest BCUT2D eigenvalue weighted by Crippen LogP contribution is -2.61. The van der Waals surface area contributed by atoms with Crippen LogP contribution in [0.4, 0.5) is 0 Å². The van der Waals surface area contributed by atoms with Gasteiger partial charge in [0.15, 0.2) is 5.82 Å². The summed E-state index contributed by atoms with van der Waals surface area (Å²) < 4.78 is 1.85. The van der Waals surface area contributed by atoms with Crippen molar-refractivity contribution in [1.82, 2.24) is 29.9 Å². The number of carbonyl (C=O) groups excluding carboxylic acids is 1. The Morgan fingerprint density at radius 3 is 2.45 bits per heavy atom. The van der Waals surface area contributed by atoms with Crippen LogP contribution in [-0.2, 0) is 11.3 Å². The van der Waals surface area contributed by atoms with Crippen LogP contribution in [0.15, 0.2) is 24.4 Å². The van der Waals surface area contributed by atoms with Crippen molar-refractivity contribution >= 4 is 5.91 Å². The topological polar surface area (TPSA) is 66.3 Å². The van der Waals surface area contributed by atoms with Crippen molar-refractivity contribution in [1.29, 1.82) is 0 Å². The quantitative estimate of drug-likeness (QED) is 0.838. The van der Waals surface area contributed by atoms with E-state index in [9.17, 15) is 4.79 Å². The van der Waals surface area contributed by atoms with Crippen LogP contribution < -0.4 is 5.32 Å². The van der Waals surface area contributed by atoms with E-state index in [-0.39, 0.29) is 11.4 Å². The lowest BCUT2D eigenvalue weighted by Gasteiger charge is -2.44. The molecule has 0 atom stereocenters. The molecule has 1 amide bonds. The van der Waals surface area contributed by atoms with Gasteiger partial charge in [0, 0.05) is 44.6 Å². The van der Waals surface area contributed by atoms with Crippen LogP contribution in [0.2, 0.25) is 0 Å². The molecule has 156 valence electrons. The number of amides is 1. The Morgan fingerprint density at radius 2 is 1.86 bits per heavy atom. The third-order valence-corrected chi connectivity index (χ3v) is 6.45. The standard InChI is InChI=1S/C22H32N6O/c1-17-14-18(2)28(25-17)20-7-6-19(15-23-20)16-24-21(29)22(8-4-5-9-22)27-12-10-26(3)11-13-27/h6-7,14-15H,4-5,8-13,16H2,1-3H3,(H,24,29). The molecule has 4 rings (SSSR count). The number of carbonyl (C=O) groups is 1. The highest BCUT2D eigenvalue weighted by Gasteiger charge is 2.46. The van der Waals surface area contributed by atoms with Crippen LogP contribution in [0, 0.1) is 13.8 Å². The van der Waals surface area contributed by atoms with E-state index in [0.717, 1.165) is 74.6 Å². The predicted molar refractivity (Wildman–Crippen MR) is 113 cm³/mol. The van der Waals surface area contributed by atoms with E-state index in [1.54, 1.807) is 0 Å². The molecule has 0 bridgehead atoms. The van der Waals surface area contributed by atoms with Gasteiger partial charge in [0.05, 0.1) is 5.69 Å². The number of pyridine rings is 1. The molecule has 1 N–H and O–H groups in total. The molecule has 3 heterocycles. The number of nitrogens with one attached hydrogen (secondary N) is 1. The third kappa shape index (κ3) is 4.07. The smallest absolute Gasteiger partial charge is 0.240 e. The van der Waals surface area contributed by atoms with E-state index in [1.165, 1.54) is 0 Å². The van der Waals surface area contributed by atoms with Gasteiger partial charge in [0.2, 0.25) is 5.91 Å². The van der Waals surface area contributed by atoms with E-state index in [1.807, 2.05) is 42.9 Å². The summed E-state index contributed by atoms with van der Waals surface area (Å²) in [6, 6.07) is 6.03. The SMILES string of the molecule is Cc1cc(C)n(-c2ccc(CNC(=O)C3(N4CCN(C)CC4)CCCC3)cn2)n1. The van der Waals surface area contributed by atoms with Gasteiger partial charge < -0.3 is 10.2 Å². The van der Waals surface area contributed by atoms with E-state index >= 15 is 0 Å². The van der Waals surface area contributed by atoms with Crippen molar-refractivity contribution in [2.45, 2.75) is 51.6 Å². The van der Waals surface area contributed by atoms with Crippen molar-refractivity contribution in [3.63, 3.8) is 0 Å². The van der Waals surface area contributed by atoms with Crippen LogP contribution in [-0.4, -0.2) is 69.2 Å². The lowest BCUT2D eigenvalue weighted by molar-refractivity contribution is -0.135. The van der Waals surface area contributed by atoms with Crippen molar-refractivity contribution in [2.75, 3.05) is 33.2 Å². The van der Waals surface area contributed by atoms with E-state index in [2.05, 4.69) is 32.2 Å². The number of piperazine rings is 1. The van der Waals surface area contributed by atoms with Gasteiger partial charge >= 0.3 is 0 Å². The minimum atomic E-state index is -0.321. The molecule has 29 heavy (non-hydrogen) atoms. The molecule has 1 aliphatic heterocycles. The Kier molecular flexibility index (Phi) is 5.69. The highest BCUT2D eigenvalue weighted by Crippen LogP contribution is 2.36. The monoisotopic (exact) mass is 396 g/mol. The maximum Gasteiger partial charge on any atom is 0.240 e. The predicted octanol–water partition coefficient (Wildman–Crippen LogP) is 2.06. The molecule has 2 fully saturated rings. The molecule has 7 heteroatoms. The summed E-state index contributed by atoms with van der Waals surface area (Å²) in [5, 5.41) is 7.69. The van der Waals surface area contributed by atoms with Gasteiger partial charge in [-0.15, -0.1) is 0 Å². The van der Waals surface area contributed by atoms with Crippen LogP contribution in [0.3, 0.4) is 0 Å². The summed E-state index contributed by atoms with van der Waals surface area (Å²) in [5.41, 5.74) is 2.73. The zero-order chi connectivity index (χ0) is 20.4. The number of hydrogen-bond acceptors (Lipinski definition) is 5.